The van der Waals surface area contributed by atoms with Crippen LogP contribution >= 0.6 is 11.3 Å². The second-order valence-electron chi connectivity index (χ2n) is 7.64. The highest BCUT2D eigenvalue weighted by molar-refractivity contribution is 7.18. The molecule has 0 saturated carbocycles. The van der Waals surface area contributed by atoms with E-state index in [1.54, 1.807) is 30.7 Å². The molecule has 0 aliphatic carbocycles. The maximum atomic E-state index is 9.51. The second-order valence-corrected chi connectivity index (χ2v) is 8.52. The summed E-state index contributed by atoms with van der Waals surface area (Å²) in [5.74, 6) is 7.54. The average molecular weight is 444 g/mol. The molecule has 0 fully saturated rings. The molecule has 7 heteroatoms. The number of nitrogens with two attached hydrogens (primary N) is 1. The number of aromatic nitrogens is 3. The Morgan fingerprint density at radius 3 is 2.66 bits per heavy atom. The minimum Gasteiger partial charge on any atom is -0.392 e. The predicted octanol–water partition coefficient (Wildman–Crippen LogP) is 3.86. The van der Waals surface area contributed by atoms with Crippen LogP contribution in [0.2, 0.25) is 0 Å². The van der Waals surface area contributed by atoms with Gasteiger partial charge in [0.05, 0.1) is 16.4 Å². The molecule has 0 aliphatic heterocycles. The van der Waals surface area contributed by atoms with E-state index in [9.17, 15) is 5.11 Å². The average Bonchev–Trinajstić information content (AvgIpc) is 3.21. The van der Waals surface area contributed by atoms with E-state index in [4.69, 9.17) is 15.7 Å². The topological polar surface area (TPSA) is 97.0 Å². The minimum atomic E-state index is -0.460. The molecule has 0 amide bonds. The monoisotopic (exact) mass is 443 g/mol. The Hall–Kier alpha value is -3.31. The smallest absolute Gasteiger partial charge is 0.162 e. The zero-order valence-electron chi connectivity index (χ0n) is 17.8. The van der Waals surface area contributed by atoms with Gasteiger partial charge >= 0.3 is 0 Å². The normalized spacial score (nSPS) is 12.7. The van der Waals surface area contributed by atoms with E-state index in [0.29, 0.717) is 18.8 Å². The van der Waals surface area contributed by atoms with Gasteiger partial charge in [0.15, 0.2) is 5.82 Å². The SMILES string of the molecule is C[C@H](O)CC#Cc1csc2c(NC[C@@H](N)Cc3ccccc3)nc(-c3ccncc3)nc12. The quantitative estimate of drug-likeness (QED) is 0.375. The Morgan fingerprint density at radius 1 is 1.12 bits per heavy atom. The Morgan fingerprint density at radius 2 is 1.91 bits per heavy atom. The molecule has 1 aromatic carbocycles. The highest BCUT2D eigenvalue weighted by atomic mass is 32.1. The van der Waals surface area contributed by atoms with Gasteiger partial charge in [0.1, 0.15) is 11.3 Å². The number of thiophene rings is 1. The standard InChI is InChI=1S/C25H25N5OS/c1-17(31)6-5-9-20-16-32-23-22(20)29-24(19-10-12-27-13-11-19)30-25(23)28-15-21(26)14-18-7-3-2-4-8-18/h2-4,7-8,10-13,16-17,21,31H,6,14-15,26H2,1H3,(H,28,29,30)/t17-,21-/m0/s1. The number of benzene rings is 1. The van der Waals surface area contributed by atoms with E-state index in [0.717, 1.165) is 33.6 Å². The maximum absolute atomic E-state index is 9.51. The summed E-state index contributed by atoms with van der Waals surface area (Å²) in [6.07, 6.45) is 4.18. The Balaban J connectivity index is 1.64. The number of anilines is 1. The molecule has 6 nitrogen and oxygen atoms in total. The molecule has 3 aromatic heterocycles. The number of aliphatic hydroxyl groups excluding tert-OH is 1. The van der Waals surface area contributed by atoms with Gasteiger partial charge in [0.25, 0.3) is 0 Å². The van der Waals surface area contributed by atoms with Crippen LogP contribution in [0.3, 0.4) is 0 Å². The highest BCUT2D eigenvalue weighted by Gasteiger charge is 2.15. The number of nitrogens with zero attached hydrogens (tertiary/aromatic N) is 3. The van der Waals surface area contributed by atoms with E-state index in [1.807, 2.05) is 35.7 Å². The molecule has 0 unspecified atom stereocenters. The molecular weight excluding hydrogens is 418 g/mol. The van der Waals surface area contributed by atoms with Crippen LogP contribution in [0.15, 0.2) is 60.2 Å². The van der Waals surface area contributed by atoms with Crippen molar-refractivity contribution in [3.05, 3.63) is 71.4 Å². The molecule has 4 rings (SSSR count). The van der Waals surface area contributed by atoms with E-state index in [1.165, 1.54) is 5.56 Å². The third-order valence-electron chi connectivity index (χ3n) is 4.85. The molecule has 2 atom stereocenters. The van der Waals surface area contributed by atoms with Crippen LogP contribution in [-0.2, 0) is 6.42 Å². The lowest BCUT2D eigenvalue weighted by Crippen LogP contribution is -2.31. The summed E-state index contributed by atoms with van der Waals surface area (Å²) in [4.78, 5) is 13.7. The largest absolute Gasteiger partial charge is 0.392 e. The van der Waals surface area contributed by atoms with Crippen molar-refractivity contribution in [1.29, 1.82) is 0 Å². The minimum absolute atomic E-state index is 0.0583. The highest BCUT2D eigenvalue weighted by Crippen LogP contribution is 2.32. The molecule has 0 radical (unpaired) electrons. The number of rotatable bonds is 7. The molecule has 0 bridgehead atoms. The van der Waals surface area contributed by atoms with E-state index in [2.05, 4.69) is 34.3 Å². The first-order valence-electron chi connectivity index (χ1n) is 10.5. The van der Waals surface area contributed by atoms with Gasteiger partial charge in [-0.3, -0.25) is 4.98 Å². The molecule has 0 saturated heterocycles. The number of nitrogens with one attached hydrogen (secondary N) is 1. The maximum Gasteiger partial charge on any atom is 0.162 e. The van der Waals surface area contributed by atoms with Crippen LogP contribution in [-0.4, -0.2) is 38.7 Å². The first kappa shape index (κ1) is 21.9. The third kappa shape index (κ3) is 5.48. The van der Waals surface area contributed by atoms with E-state index >= 15 is 0 Å². The van der Waals surface area contributed by atoms with Crippen molar-refractivity contribution in [3.8, 4) is 23.2 Å². The van der Waals surface area contributed by atoms with Crippen molar-refractivity contribution in [2.45, 2.75) is 31.9 Å². The summed E-state index contributed by atoms with van der Waals surface area (Å²) in [5, 5.41) is 14.9. The van der Waals surface area contributed by atoms with Crippen LogP contribution in [0, 0.1) is 11.8 Å². The van der Waals surface area contributed by atoms with Gasteiger partial charge < -0.3 is 16.2 Å². The van der Waals surface area contributed by atoms with Crippen molar-refractivity contribution in [2.75, 3.05) is 11.9 Å². The molecule has 0 aliphatic rings. The van der Waals surface area contributed by atoms with Gasteiger partial charge in [0.2, 0.25) is 0 Å². The third-order valence-corrected chi connectivity index (χ3v) is 5.82. The van der Waals surface area contributed by atoms with Crippen molar-refractivity contribution in [2.24, 2.45) is 5.73 Å². The summed E-state index contributed by atoms with van der Waals surface area (Å²) in [5.41, 5.74) is 10.1. The Labute approximate surface area is 191 Å². The van der Waals surface area contributed by atoms with E-state index in [-0.39, 0.29) is 6.04 Å². The molecule has 4 aromatic rings. The van der Waals surface area contributed by atoms with E-state index < -0.39 is 6.10 Å². The molecule has 0 spiro atoms. The fourth-order valence-electron chi connectivity index (χ4n) is 3.27. The fourth-order valence-corrected chi connectivity index (χ4v) is 4.17. The molecule has 4 N–H and O–H groups in total. The summed E-state index contributed by atoms with van der Waals surface area (Å²) in [6, 6.07) is 13.9. The van der Waals surface area contributed by atoms with Crippen LogP contribution in [0.5, 0.6) is 0 Å². The zero-order chi connectivity index (χ0) is 22.3. The molecular formula is C25H25N5OS. The van der Waals surface area contributed by atoms with Crippen LogP contribution in [0.1, 0.15) is 24.5 Å². The van der Waals surface area contributed by atoms with Gasteiger partial charge in [-0.25, -0.2) is 9.97 Å². The lowest BCUT2D eigenvalue weighted by Gasteiger charge is -2.14. The van der Waals surface area contributed by atoms with Crippen molar-refractivity contribution in [3.63, 3.8) is 0 Å². The molecule has 32 heavy (non-hydrogen) atoms. The summed E-state index contributed by atoms with van der Waals surface area (Å²) in [7, 11) is 0. The number of pyridine rings is 1. The van der Waals surface area contributed by atoms with Crippen molar-refractivity contribution >= 4 is 27.4 Å². The van der Waals surface area contributed by atoms with Crippen LogP contribution in [0.25, 0.3) is 21.6 Å². The Bertz CT molecular complexity index is 1230. The lowest BCUT2D eigenvalue weighted by molar-refractivity contribution is 0.201. The number of hydrogen-bond acceptors (Lipinski definition) is 7. The predicted molar refractivity (Wildman–Crippen MR) is 130 cm³/mol. The van der Waals surface area contributed by atoms with Gasteiger partial charge in [-0.15, -0.1) is 11.3 Å². The van der Waals surface area contributed by atoms with Gasteiger partial charge in [-0.05, 0) is 31.0 Å². The van der Waals surface area contributed by atoms with Crippen LogP contribution in [0.4, 0.5) is 5.82 Å². The van der Waals surface area contributed by atoms with Crippen LogP contribution < -0.4 is 11.1 Å². The van der Waals surface area contributed by atoms with Crippen molar-refractivity contribution < 1.29 is 5.11 Å². The summed E-state index contributed by atoms with van der Waals surface area (Å²) < 4.78 is 0.941. The molecule has 3 heterocycles. The summed E-state index contributed by atoms with van der Waals surface area (Å²) >= 11 is 1.55. The number of aliphatic hydroxyl groups is 1. The first-order valence-corrected chi connectivity index (χ1v) is 11.4. The number of hydrogen-bond donors (Lipinski definition) is 3. The van der Waals surface area contributed by atoms with Crippen molar-refractivity contribution in [1.82, 2.24) is 15.0 Å². The Kier molecular flexibility index (Phi) is 7.07. The van der Waals surface area contributed by atoms with Gasteiger partial charge in [0, 0.05) is 42.3 Å². The summed E-state index contributed by atoms with van der Waals surface area (Å²) in [6.45, 7) is 2.31. The van der Waals surface area contributed by atoms with Gasteiger partial charge in [-0.1, -0.05) is 42.2 Å². The second kappa shape index (κ2) is 10.3. The fraction of sp³-hybridized carbons (Fsp3) is 0.240. The zero-order valence-corrected chi connectivity index (χ0v) is 18.6. The van der Waals surface area contributed by atoms with Gasteiger partial charge in [-0.2, -0.15) is 0 Å². The number of fused-ring (bicyclic) bond motifs is 1. The lowest BCUT2D eigenvalue weighted by atomic mass is 10.1. The molecule has 162 valence electrons. The first-order chi connectivity index (χ1) is 15.6.